The van der Waals surface area contributed by atoms with Gasteiger partial charge in [-0.25, -0.2) is 9.59 Å². The summed E-state index contributed by atoms with van der Waals surface area (Å²) >= 11 is 0. The van der Waals surface area contributed by atoms with Crippen LogP contribution in [0.1, 0.15) is 13.8 Å². The number of rotatable bonds is 12. The SMILES string of the molecule is CC(=O)N[C@@H]1[C@H](O[C@H]2[C@H](O)[C@H](O)[C@H](O[C@H]3[C@H](O)[C@H](CO)OC(O)[C@H]3NC(C)=O)O[C@H]2C(=O)O)O[C@@H](CO)[C@@H](O)[C@@H]1O[C@@H]1O[C@@H](C(=O)O)[C@@H](O)[C@H](O)[C@@H]1O. The molecule has 4 fully saturated rings. The molecule has 0 aromatic rings. The zero-order valence-corrected chi connectivity index (χ0v) is 27.8. The summed E-state index contributed by atoms with van der Waals surface area (Å²) in [7, 11) is 0. The predicted molar refractivity (Wildman–Crippen MR) is 158 cm³/mol. The maximum absolute atomic E-state index is 12.5. The summed E-state index contributed by atoms with van der Waals surface area (Å²) in [5.74, 6) is -5.28. The van der Waals surface area contributed by atoms with Gasteiger partial charge in [0.15, 0.2) is 37.4 Å². The Kier molecular flexibility index (Phi) is 14.4. The Hall–Kier alpha value is -2.80. The van der Waals surface area contributed by atoms with Gasteiger partial charge in [-0.2, -0.15) is 0 Å². The van der Waals surface area contributed by atoms with Crippen molar-refractivity contribution in [3.05, 3.63) is 0 Å². The Balaban J connectivity index is 1.62. The molecule has 4 saturated heterocycles. The fraction of sp³-hybridized carbons (Fsp3) is 0.857. The molecule has 0 bridgehead atoms. The van der Waals surface area contributed by atoms with Crippen LogP contribution in [0.3, 0.4) is 0 Å². The van der Waals surface area contributed by atoms with E-state index in [1.54, 1.807) is 0 Å². The molecule has 4 aliphatic rings. The quantitative estimate of drug-likeness (QED) is 0.0875. The normalized spacial score (nSPS) is 46.3. The van der Waals surface area contributed by atoms with Gasteiger partial charge in [-0.15, -0.1) is 0 Å². The van der Waals surface area contributed by atoms with Crippen LogP contribution in [0.25, 0.3) is 0 Å². The molecule has 2 amide bonds. The van der Waals surface area contributed by atoms with E-state index < -0.39 is 160 Å². The van der Waals surface area contributed by atoms with E-state index in [4.69, 9.17) is 33.2 Å². The van der Waals surface area contributed by atoms with Crippen molar-refractivity contribution in [2.75, 3.05) is 13.2 Å². The molecule has 4 heterocycles. The molecule has 0 saturated carbocycles. The van der Waals surface area contributed by atoms with Gasteiger partial charge >= 0.3 is 11.9 Å². The van der Waals surface area contributed by atoms with Gasteiger partial charge in [-0.05, 0) is 0 Å². The second kappa shape index (κ2) is 17.8. The number of ether oxygens (including phenoxy) is 7. The molecular formula is C28H44N2O23. The Labute approximate surface area is 298 Å². The molecule has 0 aliphatic carbocycles. The van der Waals surface area contributed by atoms with Crippen molar-refractivity contribution in [2.24, 2.45) is 0 Å². The minimum Gasteiger partial charge on any atom is -0.479 e. The monoisotopic (exact) mass is 776 g/mol. The molecule has 0 aromatic carbocycles. The van der Waals surface area contributed by atoms with Gasteiger partial charge < -0.3 is 105 Å². The highest BCUT2D eigenvalue weighted by atomic mass is 16.8. The largest absolute Gasteiger partial charge is 0.479 e. The average Bonchev–Trinajstić information content (AvgIpc) is 3.08. The number of hydrogen-bond acceptors (Lipinski definition) is 21. The maximum Gasteiger partial charge on any atom is 0.335 e. The van der Waals surface area contributed by atoms with Gasteiger partial charge in [0.1, 0.15) is 85.3 Å². The van der Waals surface area contributed by atoms with Crippen molar-refractivity contribution >= 4 is 23.8 Å². The first kappa shape index (κ1) is 42.9. The minimum atomic E-state index is -2.30. The number of carbonyl (C=O) groups is 4. The van der Waals surface area contributed by atoms with Gasteiger partial charge in [0.25, 0.3) is 0 Å². The third kappa shape index (κ3) is 9.19. The molecule has 20 atom stereocenters. The Morgan fingerprint density at radius 3 is 1.43 bits per heavy atom. The Morgan fingerprint density at radius 1 is 0.509 bits per heavy atom. The standard InChI is InChI=1S/C28H44N2O23/c1-5(33)29-9-18(11(35)7(3-31)47-25(9)46)49-28-17(41)15(39)20(22(53-28)24(44)45)51-26-10(30-6(2)34)19(12(36)8(4-32)48-26)50-27-16(40)13(37)14(38)21(52-27)23(42)43/h7-22,25-28,31-32,35-41,46H,3-4H2,1-2H3,(H,29,33)(H,30,34)(H,42,43)(H,44,45)/t7-,8-,9-,10-,11+,12+,13-,14-,15+,16-,17-,18+,19+,20-,21+,22+,25?,26-,27+,28+/m0/s1. The first-order valence-electron chi connectivity index (χ1n) is 16.1. The van der Waals surface area contributed by atoms with Crippen LogP contribution in [0.2, 0.25) is 0 Å². The van der Waals surface area contributed by atoms with Crippen LogP contribution in [0.5, 0.6) is 0 Å². The first-order valence-corrected chi connectivity index (χ1v) is 16.1. The lowest BCUT2D eigenvalue weighted by atomic mass is 9.94. The molecule has 25 nitrogen and oxygen atoms in total. The van der Waals surface area contributed by atoms with Crippen molar-refractivity contribution in [1.82, 2.24) is 10.6 Å². The molecule has 14 N–H and O–H groups in total. The lowest BCUT2D eigenvalue weighted by Gasteiger charge is -2.49. The van der Waals surface area contributed by atoms with E-state index in [1.165, 1.54) is 0 Å². The number of aliphatic hydroxyl groups excluding tert-OH is 10. The smallest absolute Gasteiger partial charge is 0.335 e. The predicted octanol–water partition coefficient (Wildman–Crippen LogP) is -9.28. The Bertz CT molecular complexity index is 1300. The number of carbonyl (C=O) groups excluding carboxylic acids is 2. The van der Waals surface area contributed by atoms with Crippen LogP contribution in [-0.4, -0.2) is 221 Å². The van der Waals surface area contributed by atoms with E-state index in [9.17, 15) is 80.5 Å². The van der Waals surface area contributed by atoms with Crippen molar-refractivity contribution in [3.63, 3.8) is 0 Å². The fourth-order valence-electron chi connectivity index (χ4n) is 6.30. The van der Waals surface area contributed by atoms with Gasteiger partial charge in [-0.3, -0.25) is 9.59 Å². The second-order valence-corrected chi connectivity index (χ2v) is 12.7. The lowest BCUT2D eigenvalue weighted by Crippen LogP contribution is -2.70. The van der Waals surface area contributed by atoms with Crippen molar-refractivity contribution in [3.8, 4) is 0 Å². The molecule has 304 valence electrons. The molecule has 4 aliphatic heterocycles. The summed E-state index contributed by atoms with van der Waals surface area (Å²) in [4.78, 5) is 48.2. The van der Waals surface area contributed by atoms with Crippen LogP contribution in [0.4, 0.5) is 0 Å². The summed E-state index contributed by atoms with van der Waals surface area (Å²) < 4.78 is 38.0. The van der Waals surface area contributed by atoms with Gasteiger partial charge in [0.05, 0.1) is 13.2 Å². The summed E-state index contributed by atoms with van der Waals surface area (Å²) in [5, 5.41) is 129. The third-order valence-corrected chi connectivity index (χ3v) is 8.94. The summed E-state index contributed by atoms with van der Waals surface area (Å²) in [6, 6.07) is -3.38. The van der Waals surface area contributed by atoms with Gasteiger partial charge in [0, 0.05) is 13.8 Å². The van der Waals surface area contributed by atoms with Crippen LogP contribution in [0.15, 0.2) is 0 Å². The molecule has 25 heteroatoms. The molecular weight excluding hydrogens is 732 g/mol. The second-order valence-electron chi connectivity index (χ2n) is 12.7. The number of carboxylic acid groups (broad SMARTS) is 2. The number of aliphatic carboxylic acids is 2. The zero-order valence-electron chi connectivity index (χ0n) is 27.8. The number of nitrogens with one attached hydrogen (secondary N) is 2. The zero-order chi connectivity index (χ0) is 39.6. The van der Waals surface area contributed by atoms with E-state index in [0.29, 0.717) is 0 Å². The van der Waals surface area contributed by atoms with Crippen LogP contribution < -0.4 is 10.6 Å². The van der Waals surface area contributed by atoms with E-state index in [-0.39, 0.29) is 0 Å². The molecule has 0 aromatic heterocycles. The molecule has 0 radical (unpaired) electrons. The molecule has 53 heavy (non-hydrogen) atoms. The highest BCUT2D eigenvalue weighted by molar-refractivity contribution is 5.74. The number of amides is 2. The van der Waals surface area contributed by atoms with Crippen molar-refractivity contribution < 1.29 is 114 Å². The topological polar surface area (TPSA) is 400 Å². The van der Waals surface area contributed by atoms with Crippen LogP contribution in [0, 0.1) is 0 Å². The third-order valence-electron chi connectivity index (χ3n) is 8.94. The molecule has 4 rings (SSSR count). The van der Waals surface area contributed by atoms with Crippen LogP contribution >= 0.6 is 0 Å². The van der Waals surface area contributed by atoms with E-state index >= 15 is 0 Å². The van der Waals surface area contributed by atoms with Gasteiger partial charge in [0.2, 0.25) is 11.8 Å². The highest BCUT2D eigenvalue weighted by Crippen LogP contribution is 2.34. The fourth-order valence-corrected chi connectivity index (χ4v) is 6.30. The van der Waals surface area contributed by atoms with E-state index in [1.807, 2.05) is 0 Å². The van der Waals surface area contributed by atoms with E-state index in [2.05, 4.69) is 10.6 Å². The van der Waals surface area contributed by atoms with Crippen molar-refractivity contribution in [1.29, 1.82) is 0 Å². The summed E-state index contributed by atoms with van der Waals surface area (Å²) in [6.45, 7) is 0.116. The average molecular weight is 777 g/mol. The summed E-state index contributed by atoms with van der Waals surface area (Å²) in [6.07, 6.45) is -36.5. The Morgan fingerprint density at radius 2 is 0.943 bits per heavy atom. The number of hydrogen-bond donors (Lipinski definition) is 14. The first-order chi connectivity index (χ1) is 24.8. The lowest BCUT2D eigenvalue weighted by molar-refractivity contribution is -0.368. The van der Waals surface area contributed by atoms with Crippen LogP contribution in [-0.2, 0) is 52.3 Å². The number of carboxylic acids is 2. The molecule has 1 unspecified atom stereocenters. The number of aliphatic hydroxyl groups is 10. The highest BCUT2D eigenvalue weighted by Gasteiger charge is 2.57. The minimum absolute atomic E-state index is 0.752. The maximum atomic E-state index is 12.5. The van der Waals surface area contributed by atoms with Gasteiger partial charge in [-0.1, -0.05) is 0 Å². The van der Waals surface area contributed by atoms with Crippen molar-refractivity contribution in [2.45, 2.75) is 137 Å². The summed E-state index contributed by atoms with van der Waals surface area (Å²) in [5.41, 5.74) is 0. The van der Waals surface area contributed by atoms with E-state index in [0.717, 1.165) is 13.8 Å². The molecule has 0 spiro atoms.